The lowest BCUT2D eigenvalue weighted by Gasteiger charge is -2.15. The van der Waals surface area contributed by atoms with Gasteiger partial charge in [-0.2, -0.15) is 5.26 Å². The molecule has 0 aliphatic carbocycles. The van der Waals surface area contributed by atoms with Gasteiger partial charge in [-0.1, -0.05) is 11.6 Å². The molecule has 0 bridgehead atoms. The van der Waals surface area contributed by atoms with Crippen molar-refractivity contribution in [1.82, 2.24) is 0 Å². The molecule has 0 spiro atoms. The average molecular weight is 342 g/mol. The highest BCUT2D eigenvalue weighted by Gasteiger charge is 2.11. The molecule has 2 aromatic rings. The SMILES string of the molecule is CC(Nc1ccc(C#N)c(Cl)c1)c1sccc1Br. The number of nitrogens with zero attached hydrogens (tertiary/aromatic N) is 1. The van der Waals surface area contributed by atoms with Gasteiger partial charge in [-0.15, -0.1) is 11.3 Å². The monoisotopic (exact) mass is 340 g/mol. The molecule has 18 heavy (non-hydrogen) atoms. The quantitative estimate of drug-likeness (QED) is 0.832. The van der Waals surface area contributed by atoms with Gasteiger partial charge >= 0.3 is 0 Å². The summed E-state index contributed by atoms with van der Waals surface area (Å²) in [7, 11) is 0. The van der Waals surface area contributed by atoms with Gasteiger partial charge in [0.25, 0.3) is 0 Å². The van der Waals surface area contributed by atoms with Crippen molar-refractivity contribution in [3.63, 3.8) is 0 Å². The third-order valence-corrected chi connectivity index (χ3v) is 4.88. The lowest BCUT2D eigenvalue weighted by molar-refractivity contribution is 0.903. The molecule has 1 atom stereocenters. The lowest BCUT2D eigenvalue weighted by Crippen LogP contribution is -2.05. The fraction of sp³-hybridized carbons (Fsp3) is 0.154. The van der Waals surface area contributed by atoms with Crippen LogP contribution in [0.2, 0.25) is 5.02 Å². The highest BCUT2D eigenvalue weighted by molar-refractivity contribution is 9.10. The van der Waals surface area contributed by atoms with E-state index in [1.54, 1.807) is 23.5 Å². The number of hydrogen-bond donors (Lipinski definition) is 1. The summed E-state index contributed by atoms with van der Waals surface area (Å²) < 4.78 is 1.10. The van der Waals surface area contributed by atoms with Gasteiger partial charge in [-0.05, 0) is 52.5 Å². The molecule has 0 aliphatic heterocycles. The van der Waals surface area contributed by atoms with E-state index in [1.807, 2.05) is 23.6 Å². The van der Waals surface area contributed by atoms with Crippen molar-refractivity contribution in [3.05, 3.63) is 49.6 Å². The average Bonchev–Trinajstić information content (AvgIpc) is 2.76. The maximum Gasteiger partial charge on any atom is 0.101 e. The largest absolute Gasteiger partial charge is 0.378 e. The van der Waals surface area contributed by atoms with E-state index < -0.39 is 0 Å². The van der Waals surface area contributed by atoms with Gasteiger partial charge in [-0.25, -0.2) is 0 Å². The number of thiophene rings is 1. The number of nitrogens with one attached hydrogen (secondary N) is 1. The summed E-state index contributed by atoms with van der Waals surface area (Å²) in [5.74, 6) is 0. The van der Waals surface area contributed by atoms with Crippen LogP contribution in [0.3, 0.4) is 0 Å². The van der Waals surface area contributed by atoms with Crippen LogP contribution in [0.15, 0.2) is 34.1 Å². The van der Waals surface area contributed by atoms with E-state index in [4.69, 9.17) is 16.9 Å². The fourth-order valence-electron chi connectivity index (χ4n) is 1.63. The smallest absolute Gasteiger partial charge is 0.101 e. The summed E-state index contributed by atoms with van der Waals surface area (Å²) in [6.07, 6.45) is 0. The zero-order valence-corrected chi connectivity index (χ0v) is 12.7. The van der Waals surface area contributed by atoms with E-state index in [0.29, 0.717) is 10.6 Å². The zero-order valence-electron chi connectivity index (χ0n) is 9.58. The fourth-order valence-corrected chi connectivity index (χ4v) is 3.57. The van der Waals surface area contributed by atoms with E-state index in [-0.39, 0.29) is 6.04 Å². The van der Waals surface area contributed by atoms with Crippen molar-refractivity contribution in [3.8, 4) is 6.07 Å². The second-order valence-electron chi connectivity index (χ2n) is 3.81. The summed E-state index contributed by atoms with van der Waals surface area (Å²) in [5.41, 5.74) is 1.40. The predicted octanol–water partition coefficient (Wildman–Crippen LogP) is 5.21. The Bertz CT molecular complexity index is 603. The van der Waals surface area contributed by atoms with Gasteiger partial charge in [0, 0.05) is 15.0 Å². The number of nitriles is 1. The van der Waals surface area contributed by atoms with Crippen LogP contribution in [0.25, 0.3) is 0 Å². The standard InChI is InChI=1S/C13H10BrClN2S/c1-8(13-11(14)4-5-18-13)17-10-3-2-9(7-16)12(15)6-10/h2-6,8,17H,1H3. The lowest BCUT2D eigenvalue weighted by atomic mass is 10.2. The van der Waals surface area contributed by atoms with Crippen LogP contribution in [0.5, 0.6) is 0 Å². The Labute approximate surface area is 123 Å². The molecule has 0 saturated heterocycles. The second-order valence-corrected chi connectivity index (χ2v) is 6.01. The first-order valence-corrected chi connectivity index (χ1v) is 7.36. The van der Waals surface area contributed by atoms with E-state index in [0.717, 1.165) is 10.2 Å². The highest BCUT2D eigenvalue weighted by atomic mass is 79.9. The topological polar surface area (TPSA) is 35.8 Å². The first-order chi connectivity index (χ1) is 8.61. The Morgan fingerprint density at radius 2 is 2.22 bits per heavy atom. The van der Waals surface area contributed by atoms with Crippen molar-refractivity contribution in [2.24, 2.45) is 0 Å². The van der Waals surface area contributed by atoms with Crippen LogP contribution in [0.4, 0.5) is 5.69 Å². The Kier molecular flexibility index (Phi) is 4.28. The molecule has 0 fully saturated rings. The first-order valence-electron chi connectivity index (χ1n) is 5.31. The van der Waals surface area contributed by atoms with Crippen LogP contribution < -0.4 is 5.32 Å². The first kappa shape index (κ1) is 13.4. The second kappa shape index (κ2) is 5.75. The molecule has 1 unspecified atom stereocenters. The number of rotatable bonds is 3. The van der Waals surface area contributed by atoms with Crippen LogP contribution in [-0.4, -0.2) is 0 Å². The molecule has 1 N–H and O–H groups in total. The molecule has 0 amide bonds. The van der Waals surface area contributed by atoms with Gasteiger partial charge in [0.2, 0.25) is 0 Å². The van der Waals surface area contributed by atoms with Gasteiger partial charge in [0.05, 0.1) is 16.6 Å². The van der Waals surface area contributed by atoms with Gasteiger partial charge < -0.3 is 5.32 Å². The third kappa shape index (κ3) is 2.86. The highest BCUT2D eigenvalue weighted by Crippen LogP contribution is 2.31. The van der Waals surface area contributed by atoms with Crippen LogP contribution in [-0.2, 0) is 0 Å². The normalized spacial score (nSPS) is 11.9. The van der Waals surface area contributed by atoms with Crippen molar-refractivity contribution < 1.29 is 0 Å². The summed E-state index contributed by atoms with van der Waals surface area (Å²) >= 11 is 11.2. The molecular weight excluding hydrogens is 332 g/mol. The predicted molar refractivity (Wildman–Crippen MR) is 80.2 cm³/mol. The summed E-state index contributed by atoms with van der Waals surface area (Å²) in [6, 6.07) is 9.63. The van der Waals surface area contributed by atoms with Crippen molar-refractivity contribution in [2.75, 3.05) is 5.32 Å². The van der Waals surface area contributed by atoms with Crippen molar-refractivity contribution in [2.45, 2.75) is 13.0 Å². The van der Waals surface area contributed by atoms with E-state index in [2.05, 4.69) is 28.2 Å². The molecule has 5 heteroatoms. The molecule has 0 saturated carbocycles. The minimum Gasteiger partial charge on any atom is -0.378 e. The minimum absolute atomic E-state index is 0.184. The van der Waals surface area contributed by atoms with Gasteiger partial charge in [-0.3, -0.25) is 0 Å². The van der Waals surface area contributed by atoms with Crippen LogP contribution in [0.1, 0.15) is 23.4 Å². The molecule has 1 heterocycles. The molecule has 2 nitrogen and oxygen atoms in total. The Morgan fingerprint density at radius 3 is 2.78 bits per heavy atom. The molecule has 1 aromatic heterocycles. The number of hydrogen-bond acceptors (Lipinski definition) is 3. The minimum atomic E-state index is 0.184. The maximum absolute atomic E-state index is 8.82. The van der Waals surface area contributed by atoms with Gasteiger partial charge in [0.1, 0.15) is 6.07 Å². The number of benzene rings is 1. The zero-order chi connectivity index (χ0) is 13.1. The Hall–Kier alpha value is -1.02. The number of halogens is 2. The van der Waals surface area contributed by atoms with E-state index in [1.165, 1.54) is 4.88 Å². The molecule has 92 valence electrons. The Morgan fingerprint density at radius 1 is 1.44 bits per heavy atom. The van der Waals surface area contributed by atoms with Crippen LogP contribution >= 0.6 is 38.9 Å². The summed E-state index contributed by atoms with van der Waals surface area (Å²) in [6.45, 7) is 2.09. The molecule has 2 rings (SSSR count). The third-order valence-electron chi connectivity index (χ3n) is 2.51. The Balaban J connectivity index is 2.18. The van der Waals surface area contributed by atoms with Gasteiger partial charge in [0.15, 0.2) is 0 Å². The molecule has 0 aliphatic rings. The van der Waals surface area contributed by atoms with E-state index >= 15 is 0 Å². The summed E-state index contributed by atoms with van der Waals surface area (Å²) in [5, 5.41) is 14.7. The van der Waals surface area contributed by atoms with Crippen LogP contribution in [0, 0.1) is 11.3 Å². The maximum atomic E-state index is 8.82. The molecular formula is C13H10BrClN2S. The molecule has 0 radical (unpaired) electrons. The molecule has 1 aromatic carbocycles. The summed E-state index contributed by atoms with van der Waals surface area (Å²) in [4.78, 5) is 1.23. The van der Waals surface area contributed by atoms with Crippen molar-refractivity contribution in [1.29, 1.82) is 5.26 Å². The number of anilines is 1. The van der Waals surface area contributed by atoms with E-state index in [9.17, 15) is 0 Å². The van der Waals surface area contributed by atoms with Crippen molar-refractivity contribution >= 4 is 44.6 Å².